The van der Waals surface area contributed by atoms with Crippen molar-refractivity contribution in [2.75, 3.05) is 13.1 Å². The minimum atomic E-state index is -0.432. The molecule has 1 aromatic heterocycles. The van der Waals surface area contributed by atoms with Gasteiger partial charge in [0.2, 0.25) is 5.17 Å². The summed E-state index contributed by atoms with van der Waals surface area (Å²) in [4.78, 5) is 18.4. The molecule has 0 aromatic carbocycles. The fraction of sp³-hybridized carbons (Fsp3) is 0.286. The molecule has 0 bridgehead atoms. The van der Waals surface area contributed by atoms with Crippen LogP contribution < -0.4 is 0 Å². The number of carbonyl (C=O) groups excluding carboxylic acids is 1. The second-order valence-electron chi connectivity index (χ2n) is 5.11. The summed E-state index contributed by atoms with van der Waals surface area (Å²) in [5.41, 5.74) is 0.186. The smallest absolute Gasteiger partial charge is 0.283 e. The highest BCUT2D eigenvalue weighted by atomic mass is 32.2. The lowest BCUT2D eigenvalue weighted by molar-refractivity contribution is -0.114. The molecule has 1 fully saturated rings. The van der Waals surface area contributed by atoms with Gasteiger partial charge in [-0.15, -0.1) is 5.10 Å². The quantitative estimate of drug-likeness (QED) is 0.801. The van der Waals surface area contributed by atoms with Crippen molar-refractivity contribution in [1.82, 2.24) is 9.91 Å². The second-order valence-corrected chi connectivity index (χ2v) is 6.05. The molecule has 0 unspecified atom stereocenters. The highest BCUT2D eigenvalue weighted by Gasteiger charge is 2.37. The van der Waals surface area contributed by atoms with Crippen LogP contribution in [0.15, 0.2) is 38.5 Å². The SMILES string of the molecule is N=C1/C(=C/c2ccco2)C(=O)N=C2SC(N3CCCC3)=NN12. The van der Waals surface area contributed by atoms with Crippen LogP contribution in [-0.2, 0) is 4.79 Å². The lowest BCUT2D eigenvalue weighted by Gasteiger charge is -2.19. The van der Waals surface area contributed by atoms with Crippen LogP contribution in [0.4, 0.5) is 0 Å². The number of hydrogen-bond acceptors (Lipinski definition) is 6. The molecule has 0 saturated carbocycles. The first-order valence-electron chi connectivity index (χ1n) is 7.01. The van der Waals surface area contributed by atoms with E-state index >= 15 is 0 Å². The number of thioether (sulfide) groups is 1. The predicted molar refractivity (Wildman–Crippen MR) is 84.5 cm³/mol. The van der Waals surface area contributed by atoms with Gasteiger partial charge in [-0.2, -0.15) is 10.0 Å². The summed E-state index contributed by atoms with van der Waals surface area (Å²) in [5.74, 6) is 0.119. The maximum atomic E-state index is 12.2. The molecule has 1 saturated heterocycles. The predicted octanol–water partition coefficient (Wildman–Crippen LogP) is 1.95. The van der Waals surface area contributed by atoms with E-state index in [2.05, 4.69) is 15.0 Å². The monoisotopic (exact) mass is 315 g/mol. The third-order valence-electron chi connectivity index (χ3n) is 3.65. The first-order chi connectivity index (χ1) is 10.7. The molecule has 1 N–H and O–H groups in total. The van der Waals surface area contributed by atoms with Gasteiger partial charge in [0.05, 0.1) is 11.8 Å². The number of hydrazone groups is 1. The summed E-state index contributed by atoms with van der Waals surface area (Å²) in [7, 11) is 0. The van der Waals surface area contributed by atoms with Gasteiger partial charge in [-0.25, -0.2) is 0 Å². The highest BCUT2D eigenvalue weighted by molar-refractivity contribution is 8.26. The molecule has 0 atom stereocenters. The van der Waals surface area contributed by atoms with Gasteiger partial charge in [-0.05, 0) is 42.8 Å². The van der Waals surface area contributed by atoms with Crippen molar-refractivity contribution in [3.8, 4) is 0 Å². The molecular formula is C14H13N5O2S. The summed E-state index contributed by atoms with van der Waals surface area (Å²) in [6, 6.07) is 3.46. The molecule has 4 heterocycles. The summed E-state index contributed by atoms with van der Waals surface area (Å²) >= 11 is 1.35. The third kappa shape index (κ3) is 2.16. The first kappa shape index (κ1) is 13.3. The van der Waals surface area contributed by atoms with Crippen LogP contribution in [0.5, 0.6) is 0 Å². The Bertz CT molecular complexity index is 728. The van der Waals surface area contributed by atoms with E-state index in [0.717, 1.165) is 31.1 Å². The van der Waals surface area contributed by atoms with E-state index in [9.17, 15) is 4.79 Å². The van der Waals surface area contributed by atoms with Crippen LogP contribution in [0.1, 0.15) is 18.6 Å². The van der Waals surface area contributed by atoms with Gasteiger partial charge in [0.25, 0.3) is 5.91 Å². The number of fused-ring (bicyclic) bond motifs is 1. The van der Waals surface area contributed by atoms with E-state index in [-0.39, 0.29) is 11.4 Å². The molecule has 22 heavy (non-hydrogen) atoms. The Morgan fingerprint density at radius 1 is 1.32 bits per heavy atom. The number of amidine groups is 3. The van der Waals surface area contributed by atoms with E-state index in [1.807, 2.05) is 0 Å². The maximum Gasteiger partial charge on any atom is 0.283 e. The van der Waals surface area contributed by atoms with Crippen LogP contribution in [0.3, 0.4) is 0 Å². The molecule has 7 nitrogen and oxygen atoms in total. The fourth-order valence-electron chi connectivity index (χ4n) is 2.53. The van der Waals surface area contributed by atoms with Gasteiger partial charge < -0.3 is 9.32 Å². The van der Waals surface area contributed by atoms with Crippen molar-refractivity contribution in [2.24, 2.45) is 10.1 Å². The van der Waals surface area contributed by atoms with Crippen LogP contribution in [0, 0.1) is 5.41 Å². The van der Waals surface area contributed by atoms with Crippen molar-refractivity contribution in [2.45, 2.75) is 12.8 Å². The number of nitrogens with one attached hydrogen (secondary N) is 1. The van der Waals surface area contributed by atoms with Crippen LogP contribution in [-0.4, -0.2) is 45.1 Å². The van der Waals surface area contributed by atoms with Crippen molar-refractivity contribution >= 4 is 39.9 Å². The van der Waals surface area contributed by atoms with E-state index in [1.54, 1.807) is 12.1 Å². The van der Waals surface area contributed by atoms with E-state index in [0.29, 0.717) is 10.9 Å². The molecule has 0 aliphatic carbocycles. The Balaban J connectivity index is 1.66. The maximum absolute atomic E-state index is 12.2. The van der Waals surface area contributed by atoms with Crippen LogP contribution in [0.2, 0.25) is 0 Å². The summed E-state index contributed by atoms with van der Waals surface area (Å²) in [6.07, 6.45) is 5.34. The Hall–Kier alpha value is -2.35. The molecule has 8 heteroatoms. The number of nitrogens with zero attached hydrogens (tertiary/aromatic N) is 4. The van der Waals surface area contributed by atoms with E-state index in [4.69, 9.17) is 9.83 Å². The zero-order valence-corrected chi connectivity index (χ0v) is 12.5. The van der Waals surface area contributed by atoms with Gasteiger partial charge in [-0.3, -0.25) is 10.2 Å². The number of furan rings is 1. The Kier molecular flexibility index (Phi) is 3.11. The van der Waals surface area contributed by atoms with Crippen molar-refractivity contribution < 1.29 is 9.21 Å². The zero-order chi connectivity index (χ0) is 15.1. The average molecular weight is 315 g/mol. The standard InChI is InChI=1S/C14H13N5O2S/c15-11-10(8-9-4-3-7-21-9)12(20)16-13-19(11)17-14(22-13)18-5-1-2-6-18/h3-4,7-8,15H,1-2,5-6H2/b10-8-,15-11?. The largest absolute Gasteiger partial charge is 0.465 e. The number of amides is 1. The van der Waals surface area contributed by atoms with E-state index < -0.39 is 5.91 Å². The molecule has 4 rings (SSSR count). The minimum Gasteiger partial charge on any atom is -0.465 e. The molecule has 0 spiro atoms. The van der Waals surface area contributed by atoms with Gasteiger partial charge in [0, 0.05) is 13.1 Å². The highest BCUT2D eigenvalue weighted by Crippen LogP contribution is 2.30. The minimum absolute atomic E-state index is 0.0353. The Morgan fingerprint density at radius 2 is 2.14 bits per heavy atom. The first-order valence-corrected chi connectivity index (χ1v) is 7.83. The van der Waals surface area contributed by atoms with Gasteiger partial charge in [0.15, 0.2) is 11.0 Å². The number of carbonyl (C=O) groups is 1. The number of rotatable bonds is 1. The van der Waals surface area contributed by atoms with Crippen molar-refractivity contribution in [3.05, 3.63) is 29.7 Å². The topological polar surface area (TPSA) is 85.3 Å². The molecule has 112 valence electrons. The van der Waals surface area contributed by atoms with Gasteiger partial charge in [0.1, 0.15) is 5.76 Å². The lowest BCUT2D eigenvalue weighted by Crippen LogP contribution is -2.35. The summed E-state index contributed by atoms with van der Waals surface area (Å²) in [5, 5.41) is 15.4. The number of likely N-dealkylation sites (tertiary alicyclic amines) is 1. The number of hydrogen-bond donors (Lipinski definition) is 1. The van der Waals surface area contributed by atoms with Crippen molar-refractivity contribution in [1.29, 1.82) is 5.41 Å². The molecular weight excluding hydrogens is 302 g/mol. The average Bonchev–Trinajstić information content (AvgIpc) is 3.23. The molecule has 1 amide bonds. The lowest BCUT2D eigenvalue weighted by atomic mass is 10.1. The normalized spacial score (nSPS) is 23.2. The Labute approximate surface area is 130 Å². The van der Waals surface area contributed by atoms with Crippen LogP contribution >= 0.6 is 11.8 Å². The number of aliphatic imine (C=N–C) groups is 1. The molecule has 3 aliphatic rings. The van der Waals surface area contributed by atoms with Crippen molar-refractivity contribution in [3.63, 3.8) is 0 Å². The molecule has 1 aromatic rings. The van der Waals surface area contributed by atoms with Gasteiger partial charge in [-0.1, -0.05) is 0 Å². The Morgan fingerprint density at radius 3 is 2.86 bits per heavy atom. The summed E-state index contributed by atoms with van der Waals surface area (Å²) in [6.45, 7) is 1.92. The zero-order valence-electron chi connectivity index (χ0n) is 11.7. The molecule has 3 aliphatic heterocycles. The summed E-state index contributed by atoms with van der Waals surface area (Å²) < 4.78 is 5.21. The van der Waals surface area contributed by atoms with Gasteiger partial charge >= 0.3 is 0 Å². The van der Waals surface area contributed by atoms with Crippen LogP contribution in [0.25, 0.3) is 6.08 Å². The molecule has 0 radical (unpaired) electrons. The fourth-order valence-corrected chi connectivity index (χ4v) is 3.48. The second kappa shape index (κ2) is 5.13. The third-order valence-corrected chi connectivity index (χ3v) is 4.62. The van der Waals surface area contributed by atoms with E-state index in [1.165, 1.54) is 29.1 Å².